The van der Waals surface area contributed by atoms with Crippen LogP contribution in [0.25, 0.3) is 94.5 Å². The summed E-state index contributed by atoms with van der Waals surface area (Å²) in [5, 5.41) is 4.68. The molecule has 0 spiro atoms. The molecule has 10 aromatic rings. The topological polar surface area (TPSA) is 43.9 Å². The summed E-state index contributed by atoms with van der Waals surface area (Å²) in [6.45, 7) is 4.70. The minimum absolute atomic E-state index is 0.0861. The molecule has 0 saturated heterocycles. The second-order valence-corrected chi connectivity index (χ2v) is 14.6. The largest absolute Gasteiger partial charge is 0.456 e. The molecule has 0 atom stereocenters. The second kappa shape index (κ2) is 11.1. The van der Waals surface area contributed by atoms with Gasteiger partial charge in [0, 0.05) is 49.3 Å². The van der Waals surface area contributed by atoms with Gasteiger partial charge in [-0.05, 0) is 76.9 Å². The predicted molar refractivity (Wildman–Crippen MR) is 218 cm³/mol. The van der Waals surface area contributed by atoms with Gasteiger partial charge in [-0.15, -0.1) is 0 Å². The summed E-state index contributed by atoms with van der Waals surface area (Å²) >= 11 is 0. The van der Waals surface area contributed by atoms with Crippen molar-refractivity contribution in [2.24, 2.45) is 0 Å². The molecule has 11 rings (SSSR count). The van der Waals surface area contributed by atoms with Crippen LogP contribution in [-0.2, 0) is 5.41 Å². The summed E-state index contributed by atoms with van der Waals surface area (Å²) in [5.41, 5.74) is 15.3. The zero-order chi connectivity index (χ0) is 35.3. The number of para-hydroxylation sites is 1. The molecule has 1 aliphatic carbocycles. The Bertz CT molecular complexity index is 3020. The Balaban J connectivity index is 1.07. The summed E-state index contributed by atoms with van der Waals surface area (Å²) in [6, 6.07) is 58.0. The molecule has 53 heavy (non-hydrogen) atoms. The smallest absolute Gasteiger partial charge is 0.160 e. The SMILES string of the molecule is CC1(C)c2ccccc2-c2cc3c4ccccc4n(-c4ccc5oc6cc(-c7cc(-c8ccccc8)nc(-c8ccccc8)n7)ccc6c5c4)c3cc21. The predicted octanol–water partition coefficient (Wildman–Crippen LogP) is 12.8. The third-order valence-electron chi connectivity index (χ3n) is 11.2. The van der Waals surface area contributed by atoms with E-state index in [1.54, 1.807) is 0 Å². The van der Waals surface area contributed by atoms with E-state index < -0.39 is 0 Å². The maximum atomic E-state index is 6.56. The van der Waals surface area contributed by atoms with Crippen molar-refractivity contribution < 1.29 is 4.42 Å². The van der Waals surface area contributed by atoms with Crippen molar-refractivity contribution in [2.75, 3.05) is 0 Å². The van der Waals surface area contributed by atoms with Crippen LogP contribution in [0.15, 0.2) is 168 Å². The standard InChI is InChI=1S/C49H33N3O/c1-49(2)40-19-11-9-17-34(40)37-27-38-35-18-10-12-20-44(35)52(45(38)28-41(37)49)33-22-24-46-39(26-33)36-23-21-32(25-47(36)53-46)43-29-42(30-13-5-3-6-14-30)50-48(51-43)31-15-7-4-8-16-31/h3-29H,1-2H3. The maximum Gasteiger partial charge on any atom is 0.160 e. The number of fused-ring (bicyclic) bond motifs is 9. The van der Waals surface area contributed by atoms with Gasteiger partial charge in [-0.25, -0.2) is 9.97 Å². The molecule has 3 heterocycles. The lowest BCUT2D eigenvalue weighted by atomic mass is 9.82. The molecule has 3 aromatic heterocycles. The van der Waals surface area contributed by atoms with Crippen LogP contribution in [0, 0.1) is 0 Å². The van der Waals surface area contributed by atoms with E-state index >= 15 is 0 Å². The number of benzene rings is 7. The van der Waals surface area contributed by atoms with Gasteiger partial charge in [0.1, 0.15) is 11.2 Å². The quantitative estimate of drug-likeness (QED) is 0.186. The van der Waals surface area contributed by atoms with Crippen molar-refractivity contribution in [2.45, 2.75) is 19.3 Å². The number of rotatable bonds is 4. The molecule has 0 unspecified atom stereocenters. The minimum atomic E-state index is -0.0861. The average molecular weight is 680 g/mol. The summed E-state index contributed by atoms with van der Waals surface area (Å²) in [7, 11) is 0. The molecule has 4 heteroatoms. The van der Waals surface area contributed by atoms with Gasteiger partial charge in [-0.1, -0.05) is 123 Å². The Morgan fingerprint density at radius 2 is 1.17 bits per heavy atom. The third kappa shape index (κ3) is 4.49. The zero-order valence-electron chi connectivity index (χ0n) is 29.3. The van der Waals surface area contributed by atoms with Crippen molar-refractivity contribution in [3.05, 3.63) is 175 Å². The molecule has 0 radical (unpaired) electrons. The maximum absolute atomic E-state index is 6.56. The van der Waals surface area contributed by atoms with Crippen molar-refractivity contribution in [3.8, 4) is 50.7 Å². The lowest BCUT2D eigenvalue weighted by Gasteiger charge is -2.21. The molecular formula is C49H33N3O. The van der Waals surface area contributed by atoms with Gasteiger partial charge in [0.2, 0.25) is 0 Å². The lowest BCUT2D eigenvalue weighted by Crippen LogP contribution is -2.14. The number of furan rings is 1. The summed E-state index contributed by atoms with van der Waals surface area (Å²) in [6.07, 6.45) is 0. The van der Waals surface area contributed by atoms with E-state index in [0.29, 0.717) is 5.82 Å². The summed E-state index contributed by atoms with van der Waals surface area (Å²) in [5.74, 6) is 0.695. The highest BCUT2D eigenvalue weighted by Gasteiger charge is 2.36. The number of hydrogen-bond acceptors (Lipinski definition) is 3. The van der Waals surface area contributed by atoms with E-state index in [-0.39, 0.29) is 5.41 Å². The molecule has 0 saturated carbocycles. The number of aromatic nitrogens is 3. The van der Waals surface area contributed by atoms with Crippen LogP contribution in [-0.4, -0.2) is 14.5 Å². The molecule has 4 nitrogen and oxygen atoms in total. The van der Waals surface area contributed by atoms with Crippen molar-refractivity contribution >= 4 is 43.7 Å². The van der Waals surface area contributed by atoms with E-state index in [1.165, 1.54) is 44.1 Å². The molecule has 0 amide bonds. The van der Waals surface area contributed by atoms with Crippen molar-refractivity contribution in [1.82, 2.24) is 14.5 Å². The van der Waals surface area contributed by atoms with Crippen molar-refractivity contribution in [1.29, 1.82) is 0 Å². The molecule has 0 N–H and O–H groups in total. The third-order valence-corrected chi connectivity index (χ3v) is 11.2. The lowest BCUT2D eigenvalue weighted by molar-refractivity contribution is 0.661. The van der Waals surface area contributed by atoms with Crippen molar-refractivity contribution in [3.63, 3.8) is 0 Å². The van der Waals surface area contributed by atoms with Crippen LogP contribution in [0.3, 0.4) is 0 Å². The molecule has 1 aliphatic rings. The monoisotopic (exact) mass is 679 g/mol. The molecule has 0 aliphatic heterocycles. The highest BCUT2D eigenvalue weighted by molar-refractivity contribution is 6.12. The van der Waals surface area contributed by atoms with E-state index in [1.807, 2.05) is 36.4 Å². The first kappa shape index (κ1) is 29.9. The average Bonchev–Trinajstić information content (AvgIpc) is 3.82. The number of hydrogen-bond donors (Lipinski definition) is 0. The first-order valence-electron chi connectivity index (χ1n) is 18.2. The second-order valence-electron chi connectivity index (χ2n) is 14.6. The Morgan fingerprint density at radius 3 is 2.00 bits per heavy atom. The van der Waals surface area contributed by atoms with Crippen LogP contribution in [0.1, 0.15) is 25.0 Å². The van der Waals surface area contributed by atoms with Gasteiger partial charge in [0.25, 0.3) is 0 Å². The van der Waals surface area contributed by atoms with Crippen LogP contribution in [0.5, 0.6) is 0 Å². The highest BCUT2D eigenvalue weighted by atomic mass is 16.3. The summed E-state index contributed by atoms with van der Waals surface area (Å²) < 4.78 is 8.99. The van der Waals surface area contributed by atoms with Crippen LogP contribution >= 0.6 is 0 Å². The minimum Gasteiger partial charge on any atom is -0.456 e. The fourth-order valence-electron chi connectivity index (χ4n) is 8.57. The fraction of sp³-hybridized carbons (Fsp3) is 0.0612. The van der Waals surface area contributed by atoms with Crippen LogP contribution < -0.4 is 0 Å². The highest BCUT2D eigenvalue weighted by Crippen LogP contribution is 2.51. The van der Waals surface area contributed by atoms with E-state index in [0.717, 1.165) is 55.7 Å². The van der Waals surface area contributed by atoms with E-state index in [4.69, 9.17) is 14.4 Å². The van der Waals surface area contributed by atoms with Gasteiger partial charge < -0.3 is 8.98 Å². The number of nitrogens with zero attached hydrogens (tertiary/aromatic N) is 3. The molecular weight excluding hydrogens is 647 g/mol. The molecule has 250 valence electrons. The van der Waals surface area contributed by atoms with E-state index in [2.05, 4.69) is 146 Å². The van der Waals surface area contributed by atoms with Crippen LogP contribution in [0.4, 0.5) is 0 Å². The Morgan fingerprint density at radius 1 is 0.453 bits per heavy atom. The molecule has 0 fully saturated rings. The van der Waals surface area contributed by atoms with Gasteiger partial charge in [0.15, 0.2) is 5.82 Å². The van der Waals surface area contributed by atoms with Gasteiger partial charge in [0.05, 0.1) is 22.4 Å². The first-order valence-corrected chi connectivity index (χ1v) is 18.2. The molecule has 0 bridgehead atoms. The summed E-state index contributed by atoms with van der Waals surface area (Å²) in [4.78, 5) is 10.0. The Hall–Kier alpha value is -6.78. The Kier molecular flexibility index (Phi) is 6.27. The van der Waals surface area contributed by atoms with Crippen LogP contribution in [0.2, 0.25) is 0 Å². The normalized spacial score (nSPS) is 13.2. The Labute approximate surface area is 306 Å². The zero-order valence-corrected chi connectivity index (χ0v) is 29.3. The van der Waals surface area contributed by atoms with Gasteiger partial charge >= 0.3 is 0 Å². The first-order chi connectivity index (χ1) is 26.0. The van der Waals surface area contributed by atoms with Gasteiger partial charge in [-0.2, -0.15) is 0 Å². The fourth-order valence-corrected chi connectivity index (χ4v) is 8.57. The van der Waals surface area contributed by atoms with Gasteiger partial charge in [-0.3, -0.25) is 0 Å². The molecule has 7 aromatic carbocycles. The van der Waals surface area contributed by atoms with E-state index in [9.17, 15) is 0 Å².